The Morgan fingerprint density at radius 3 is 2.20 bits per heavy atom. The lowest BCUT2D eigenvalue weighted by atomic mass is 9.94. The van der Waals surface area contributed by atoms with E-state index in [0.29, 0.717) is 0 Å². The predicted octanol–water partition coefficient (Wildman–Crippen LogP) is 2.87. The van der Waals surface area contributed by atoms with Gasteiger partial charge in [0.1, 0.15) is 0 Å². The highest BCUT2D eigenvalue weighted by Gasteiger charge is 2.16. The molecule has 0 atom stereocenters. The summed E-state index contributed by atoms with van der Waals surface area (Å²) in [6.07, 6.45) is 6.68. The number of hydrogen-bond donors (Lipinski definition) is 1. The maximum atomic E-state index is 5.47. The Hall–Kier alpha value is -0.0800. The molecule has 1 heterocycles. The first-order chi connectivity index (χ1) is 7.36. The highest BCUT2D eigenvalue weighted by molar-refractivity contribution is 4.71. The Morgan fingerprint density at radius 2 is 1.73 bits per heavy atom. The molecule has 0 aromatic heterocycles. The van der Waals surface area contributed by atoms with Gasteiger partial charge in [-0.2, -0.15) is 0 Å². The van der Waals surface area contributed by atoms with E-state index in [1.807, 2.05) is 13.8 Å². The lowest BCUT2D eigenvalue weighted by molar-refractivity contribution is 0.179. The zero-order valence-electron chi connectivity index (χ0n) is 11.0. The van der Waals surface area contributed by atoms with Crippen LogP contribution < -0.4 is 5.73 Å². The van der Waals surface area contributed by atoms with Gasteiger partial charge in [0, 0.05) is 0 Å². The number of rotatable bonds is 5. The van der Waals surface area contributed by atoms with Crippen LogP contribution in [0.1, 0.15) is 52.9 Å². The van der Waals surface area contributed by atoms with Crippen LogP contribution in [-0.2, 0) is 0 Å². The van der Waals surface area contributed by atoms with E-state index in [9.17, 15) is 0 Å². The van der Waals surface area contributed by atoms with Crippen LogP contribution in [0.15, 0.2) is 0 Å². The van der Waals surface area contributed by atoms with Gasteiger partial charge >= 0.3 is 0 Å². The standard InChI is InChI=1S/C11H24N2.C2H6/c1-2-11-5-9-13(10-6-11)8-4-3-7-12;1-2/h11H,2-10,12H2,1H3;1-2H3. The SMILES string of the molecule is CC.CCC1CCN(CCCCN)CC1. The Morgan fingerprint density at radius 1 is 1.13 bits per heavy atom. The zero-order chi connectivity index (χ0) is 11.5. The molecule has 2 nitrogen and oxygen atoms in total. The second-order valence-corrected chi connectivity index (χ2v) is 4.19. The van der Waals surface area contributed by atoms with Gasteiger partial charge in [-0.1, -0.05) is 27.2 Å². The van der Waals surface area contributed by atoms with Crippen LogP contribution in [0.3, 0.4) is 0 Å². The van der Waals surface area contributed by atoms with Gasteiger partial charge in [0.05, 0.1) is 0 Å². The quantitative estimate of drug-likeness (QED) is 0.713. The Balaban J connectivity index is 0.000000921. The molecule has 0 bridgehead atoms. The molecule has 1 aliphatic heterocycles. The van der Waals surface area contributed by atoms with Crippen LogP contribution in [0.25, 0.3) is 0 Å². The molecule has 92 valence electrons. The molecule has 15 heavy (non-hydrogen) atoms. The Kier molecular flexibility index (Phi) is 10.4. The smallest absolute Gasteiger partial charge is 0.00161 e. The van der Waals surface area contributed by atoms with Crippen molar-refractivity contribution in [2.45, 2.75) is 52.9 Å². The molecule has 1 fully saturated rings. The molecular formula is C13H30N2. The highest BCUT2D eigenvalue weighted by atomic mass is 15.1. The van der Waals surface area contributed by atoms with E-state index in [4.69, 9.17) is 5.73 Å². The molecule has 1 rings (SSSR count). The van der Waals surface area contributed by atoms with E-state index in [1.54, 1.807) is 0 Å². The fourth-order valence-electron chi connectivity index (χ4n) is 2.10. The molecule has 1 saturated heterocycles. The van der Waals surface area contributed by atoms with Crippen LogP contribution in [0.4, 0.5) is 0 Å². The van der Waals surface area contributed by atoms with Gasteiger partial charge in [-0.05, 0) is 57.8 Å². The van der Waals surface area contributed by atoms with Gasteiger partial charge < -0.3 is 10.6 Å². The molecule has 2 heteroatoms. The fraction of sp³-hybridized carbons (Fsp3) is 1.00. The summed E-state index contributed by atoms with van der Waals surface area (Å²) in [6, 6.07) is 0. The molecule has 0 amide bonds. The minimum Gasteiger partial charge on any atom is -0.330 e. The second kappa shape index (κ2) is 10.4. The van der Waals surface area contributed by atoms with Crippen molar-refractivity contribution < 1.29 is 0 Å². The van der Waals surface area contributed by atoms with Gasteiger partial charge in [-0.15, -0.1) is 0 Å². The summed E-state index contributed by atoms with van der Waals surface area (Å²) in [6.45, 7) is 11.1. The summed E-state index contributed by atoms with van der Waals surface area (Å²) in [5.74, 6) is 1.01. The average Bonchev–Trinajstić information content (AvgIpc) is 2.33. The summed E-state index contributed by atoms with van der Waals surface area (Å²) in [7, 11) is 0. The first kappa shape index (κ1) is 14.9. The Labute approximate surface area is 96.2 Å². The Bertz CT molecular complexity index is 115. The lowest BCUT2D eigenvalue weighted by Gasteiger charge is -2.31. The van der Waals surface area contributed by atoms with Crippen molar-refractivity contribution in [3.63, 3.8) is 0 Å². The largest absolute Gasteiger partial charge is 0.330 e. The third kappa shape index (κ3) is 6.91. The van der Waals surface area contributed by atoms with Crippen molar-refractivity contribution in [2.75, 3.05) is 26.2 Å². The monoisotopic (exact) mass is 214 g/mol. The van der Waals surface area contributed by atoms with Gasteiger partial charge in [0.25, 0.3) is 0 Å². The first-order valence-corrected chi connectivity index (χ1v) is 6.79. The molecular weight excluding hydrogens is 184 g/mol. The van der Waals surface area contributed by atoms with E-state index in [2.05, 4.69) is 11.8 Å². The minimum absolute atomic E-state index is 0.853. The first-order valence-electron chi connectivity index (χ1n) is 6.79. The van der Waals surface area contributed by atoms with Crippen molar-refractivity contribution >= 4 is 0 Å². The third-order valence-corrected chi connectivity index (χ3v) is 3.21. The number of piperidine rings is 1. The molecule has 0 aromatic rings. The maximum Gasteiger partial charge on any atom is -0.00161 e. The molecule has 0 spiro atoms. The lowest BCUT2D eigenvalue weighted by Crippen LogP contribution is -2.34. The molecule has 0 aromatic carbocycles. The van der Waals surface area contributed by atoms with Crippen LogP contribution in [0, 0.1) is 5.92 Å². The molecule has 1 aliphatic rings. The normalized spacial score (nSPS) is 18.4. The number of likely N-dealkylation sites (tertiary alicyclic amines) is 1. The number of hydrogen-bond acceptors (Lipinski definition) is 2. The predicted molar refractivity (Wildman–Crippen MR) is 69.1 cm³/mol. The number of nitrogens with two attached hydrogens (primary N) is 1. The maximum absolute atomic E-state index is 5.47. The summed E-state index contributed by atoms with van der Waals surface area (Å²) in [5, 5.41) is 0. The van der Waals surface area contributed by atoms with Gasteiger partial charge in [0.2, 0.25) is 0 Å². The van der Waals surface area contributed by atoms with Crippen molar-refractivity contribution in [1.29, 1.82) is 0 Å². The van der Waals surface area contributed by atoms with E-state index >= 15 is 0 Å². The molecule has 0 radical (unpaired) electrons. The van der Waals surface area contributed by atoms with Crippen LogP contribution >= 0.6 is 0 Å². The zero-order valence-corrected chi connectivity index (χ0v) is 11.0. The van der Waals surface area contributed by atoms with Crippen LogP contribution in [0.5, 0.6) is 0 Å². The highest BCUT2D eigenvalue weighted by Crippen LogP contribution is 2.19. The van der Waals surface area contributed by atoms with E-state index in [0.717, 1.165) is 12.5 Å². The van der Waals surface area contributed by atoms with Crippen LogP contribution in [-0.4, -0.2) is 31.1 Å². The fourth-order valence-corrected chi connectivity index (χ4v) is 2.10. The number of unbranched alkanes of at least 4 members (excludes halogenated alkanes) is 1. The minimum atomic E-state index is 0.853. The van der Waals surface area contributed by atoms with Gasteiger partial charge in [-0.3, -0.25) is 0 Å². The average molecular weight is 214 g/mol. The topological polar surface area (TPSA) is 29.3 Å². The molecule has 0 unspecified atom stereocenters. The van der Waals surface area contributed by atoms with E-state index in [-0.39, 0.29) is 0 Å². The molecule has 0 saturated carbocycles. The van der Waals surface area contributed by atoms with E-state index in [1.165, 1.54) is 51.7 Å². The summed E-state index contributed by atoms with van der Waals surface area (Å²) >= 11 is 0. The van der Waals surface area contributed by atoms with Crippen molar-refractivity contribution in [3.05, 3.63) is 0 Å². The summed E-state index contributed by atoms with van der Waals surface area (Å²) in [5.41, 5.74) is 5.47. The van der Waals surface area contributed by atoms with Crippen molar-refractivity contribution in [2.24, 2.45) is 11.7 Å². The van der Waals surface area contributed by atoms with Crippen molar-refractivity contribution in [1.82, 2.24) is 4.90 Å². The molecule has 2 N–H and O–H groups in total. The van der Waals surface area contributed by atoms with Gasteiger partial charge in [-0.25, -0.2) is 0 Å². The third-order valence-electron chi connectivity index (χ3n) is 3.21. The number of nitrogens with zero attached hydrogens (tertiary/aromatic N) is 1. The second-order valence-electron chi connectivity index (χ2n) is 4.19. The van der Waals surface area contributed by atoms with Gasteiger partial charge in [0.15, 0.2) is 0 Å². The van der Waals surface area contributed by atoms with Crippen molar-refractivity contribution in [3.8, 4) is 0 Å². The summed E-state index contributed by atoms with van der Waals surface area (Å²) < 4.78 is 0. The van der Waals surface area contributed by atoms with E-state index < -0.39 is 0 Å². The molecule has 0 aliphatic carbocycles. The van der Waals surface area contributed by atoms with Crippen LogP contribution in [0.2, 0.25) is 0 Å². The summed E-state index contributed by atoms with van der Waals surface area (Å²) in [4.78, 5) is 2.60.